The fourth-order valence-electron chi connectivity index (χ4n) is 1.38. The van der Waals surface area contributed by atoms with E-state index in [9.17, 15) is 9.59 Å². The Balaban J connectivity index is 0. The molecule has 0 amide bonds. The summed E-state index contributed by atoms with van der Waals surface area (Å²) in [6.07, 6.45) is 0.132. The SMILES string of the molecule is CC(=O)CC(=O)O.CC(C)O[C](C)([AlH2])OC(C)C. The predicted octanol–water partition coefficient (Wildman–Crippen LogP) is 1.19. The van der Waals surface area contributed by atoms with Crippen LogP contribution in [0.2, 0.25) is 0 Å². The summed E-state index contributed by atoms with van der Waals surface area (Å²) in [7, 11) is 0. The maximum absolute atomic E-state index is 9.87. The van der Waals surface area contributed by atoms with Crippen LogP contribution in [0.15, 0.2) is 0 Å². The van der Waals surface area contributed by atoms with E-state index in [1.807, 2.05) is 34.6 Å². The second-order valence-corrected chi connectivity index (χ2v) is 6.82. The summed E-state index contributed by atoms with van der Waals surface area (Å²) in [6.45, 7) is 11.4. The maximum Gasteiger partial charge on any atom is 0.310 e. The number of Topliss-reactive ketones (excluding diaryl/α,β-unsaturated/α-hetero) is 1. The number of ether oxygens (including phenoxy) is 2. The lowest BCUT2D eigenvalue weighted by Gasteiger charge is -2.31. The summed E-state index contributed by atoms with van der Waals surface area (Å²) in [5.41, 5.74) is 0. The van der Waals surface area contributed by atoms with Crippen LogP contribution in [0.4, 0.5) is 0 Å². The first-order chi connectivity index (χ1) is 7.96. The zero-order valence-corrected chi connectivity index (χ0v) is 14.4. The van der Waals surface area contributed by atoms with Gasteiger partial charge in [-0.2, -0.15) is 0 Å². The average Bonchev–Trinajstić information content (AvgIpc) is 1.94. The molecule has 0 aliphatic rings. The third kappa shape index (κ3) is 18.0. The molecule has 0 atom stereocenters. The summed E-state index contributed by atoms with van der Waals surface area (Å²) < 4.78 is 10.9. The van der Waals surface area contributed by atoms with E-state index in [4.69, 9.17) is 14.6 Å². The van der Waals surface area contributed by atoms with Crippen molar-refractivity contribution in [2.45, 2.75) is 64.8 Å². The van der Waals surface area contributed by atoms with E-state index in [-0.39, 0.29) is 29.1 Å². The van der Waals surface area contributed by atoms with Crippen LogP contribution in [-0.4, -0.2) is 50.0 Å². The van der Waals surface area contributed by atoms with Gasteiger partial charge in [0.25, 0.3) is 0 Å². The van der Waals surface area contributed by atoms with E-state index in [0.717, 1.165) is 16.3 Å². The molecule has 106 valence electrons. The van der Waals surface area contributed by atoms with Gasteiger partial charge in [-0.25, -0.2) is 0 Å². The highest BCUT2D eigenvalue weighted by Gasteiger charge is 2.21. The molecule has 0 aromatic heterocycles. The highest BCUT2D eigenvalue weighted by Crippen LogP contribution is 2.12. The summed E-state index contributed by atoms with van der Waals surface area (Å²) in [5.74, 6) is -1.37. The van der Waals surface area contributed by atoms with Crippen molar-refractivity contribution in [2.75, 3.05) is 0 Å². The van der Waals surface area contributed by atoms with Crippen molar-refractivity contribution in [1.29, 1.82) is 0 Å². The quantitative estimate of drug-likeness (QED) is 0.448. The fraction of sp³-hybridized carbons (Fsp3) is 0.833. The third-order valence-electron chi connectivity index (χ3n) is 1.44. The summed E-state index contributed by atoms with van der Waals surface area (Å²) in [4.78, 5) is 19.5. The Hall–Kier alpha value is -0.408. The van der Waals surface area contributed by atoms with E-state index in [2.05, 4.69) is 0 Å². The smallest absolute Gasteiger partial charge is 0.310 e. The molecule has 0 unspecified atom stereocenters. The summed E-state index contributed by atoms with van der Waals surface area (Å²) in [6, 6.07) is 0. The molecule has 0 aromatic rings. The number of hydrogen-bond acceptors (Lipinski definition) is 4. The van der Waals surface area contributed by atoms with E-state index in [1.165, 1.54) is 6.92 Å². The van der Waals surface area contributed by atoms with Crippen LogP contribution >= 0.6 is 0 Å². The van der Waals surface area contributed by atoms with E-state index < -0.39 is 5.97 Å². The predicted molar refractivity (Wildman–Crippen MR) is 72.3 cm³/mol. The van der Waals surface area contributed by atoms with Gasteiger partial charge in [-0.3, -0.25) is 9.59 Å². The normalized spacial score (nSPS) is 11.1. The van der Waals surface area contributed by atoms with Crippen LogP contribution in [0.5, 0.6) is 0 Å². The monoisotopic (exact) mass is 276 g/mol. The van der Waals surface area contributed by atoms with Crippen molar-refractivity contribution < 1.29 is 24.2 Å². The molecule has 0 bridgehead atoms. The van der Waals surface area contributed by atoms with Crippen molar-refractivity contribution in [3.8, 4) is 0 Å². The molecular weight excluding hydrogens is 251 g/mol. The van der Waals surface area contributed by atoms with Gasteiger partial charge in [-0.15, -0.1) is 0 Å². The first-order valence-electron chi connectivity index (χ1n) is 6.03. The highest BCUT2D eigenvalue weighted by molar-refractivity contribution is 6.13. The summed E-state index contributed by atoms with van der Waals surface area (Å²) in [5, 5.41) is 7.86. The number of ketones is 1. The number of hydrogen-bond donors (Lipinski definition) is 1. The second-order valence-electron chi connectivity index (χ2n) is 5.01. The Morgan fingerprint density at radius 2 is 1.50 bits per heavy atom. The molecular formula is C12H25AlO5. The van der Waals surface area contributed by atoms with Crippen molar-refractivity contribution >= 4 is 28.0 Å². The van der Waals surface area contributed by atoms with E-state index in [1.54, 1.807) is 0 Å². The lowest BCUT2D eigenvalue weighted by Crippen LogP contribution is -2.37. The first-order valence-corrected chi connectivity index (χ1v) is 7.03. The second kappa shape index (κ2) is 9.51. The van der Waals surface area contributed by atoms with Crippen LogP contribution in [0, 0.1) is 0 Å². The molecule has 0 aromatic carbocycles. The van der Waals surface area contributed by atoms with Gasteiger partial charge < -0.3 is 14.6 Å². The van der Waals surface area contributed by atoms with Crippen molar-refractivity contribution in [1.82, 2.24) is 0 Å². The van der Waals surface area contributed by atoms with Crippen LogP contribution in [0.3, 0.4) is 0 Å². The zero-order valence-electron chi connectivity index (χ0n) is 12.4. The molecule has 0 heterocycles. The zero-order chi connectivity index (χ0) is 14.9. The molecule has 0 aliphatic carbocycles. The lowest BCUT2D eigenvalue weighted by atomic mass is 10.3. The first kappa shape index (κ1) is 19.9. The Kier molecular flexibility index (Phi) is 10.5. The standard InChI is InChI=1S/C8H17O2.C4H6O3.Al.2H/c1-6(2)9-8(5)10-7(3)4;1-3(5)2-4(6)7;;;/h6-7H,1-5H3;2H2,1H3,(H,6,7);;;. The van der Waals surface area contributed by atoms with E-state index in [0.29, 0.717) is 0 Å². The number of carboxylic acid groups (broad SMARTS) is 1. The van der Waals surface area contributed by atoms with Crippen molar-refractivity contribution in [3.63, 3.8) is 0 Å². The van der Waals surface area contributed by atoms with Crippen LogP contribution in [0.25, 0.3) is 0 Å². The molecule has 18 heavy (non-hydrogen) atoms. The number of aliphatic carboxylic acids is 1. The molecule has 0 saturated carbocycles. The van der Waals surface area contributed by atoms with Crippen molar-refractivity contribution in [3.05, 3.63) is 0 Å². The van der Waals surface area contributed by atoms with Gasteiger partial charge in [-0.1, -0.05) is 0 Å². The van der Waals surface area contributed by atoms with Gasteiger partial charge in [0.05, 0.1) is 16.9 Å². The van der Waals surface area contributed by atoms with Gasteiger partial charge in [0.15, 0.2) is 0 Å². The van der Waals surface area contributed by atoms with Crippen LogP contribution < -0.4 is 0 Å². The molecule has 0 spiro atoms. The molecule has 0 rings (SSSR count). The maximum atomic E-state index is 9.87. The van der Waals surface area contributed by atoms with Crippen LogP contribution in [0.1, 0.15) is 48.0 Å². The fourth-order valence-corrected chi connectivity index (χ4v) is 2.32. The van der Waals surface area contributed by atoms with Gasteiger partial charge in [0.1, 0.15) is 12.2 Å². The number of carbonyl (C=O) groups is 2. The molecule has 0 radical (unpaired) electrons. The number of carbonyl (C=O) groups excluding carboxylic acids is 1. The lowest BCUT2D eigenvalue weighted by molar-refractivity contribution is -0.203. The van der Waals surface area contributed by atoms with E-state index >= 15 is 0 Å². The minimum Gasteiger partial charge on any atom is -0.481 e. The average molecular weight is 276 g/mol. The topological polar surface area (TPSA) is 72.8 Å². The Morgan fingerprint density at radius 1 is 1.17 bits per heavy atom. The number of carboxylic acids is 1. The van der Waals surface area contributed by atoms with Gasteiger partial charge >= 0.3 is 22.3 Å². The minimum atomic E-state index is -1.06. The molecule has 0 saturated heterocycles. The number of rotatable bonds is 6. The molecule has 1 N–H and O–H groups in total. The van der Waals surface area contributed by atoms with Gasteiger partial charge in [0, 0.05) is 0 Å². The van der Waals surface area contributed by atoms with Gasteiger partial charge in [0.2, 0.25) is 0 Å². The Bertz CT molecular complexity index is 237. The highest BCUT2D eigenvalue weighted by atomic mass is 27.0. The Morgan fingerprint density at radius 3 is 1.61 bits per heavy atom. The molecule has 0 fully saturated rings. The Labute approximate surface area is 117 Å². The minimum absolute atomic E-state index is 0.247. The largest absolute Gasteiger partial charge is 0.481 e. The molecule has 0 aliphatic heterocycles. The molecule has 6 heteroatoms. The van der Waals surface area contributed by atoms with Crippen LogP contribution in [-0.2, 0) is 19.1 Å². The molecule has 5 nitrogen and oxygen atoms in total. The van der Waals surface area contributed by atoms with Gasteiger partial charge in [-0.05, 0) is 41.5 Å². The summed E-state index contributed by atoms with van der Waals surface area (Å²) >= 11 is 0.900. The third-order valence-corrected chi connectivity index (χ3v) is 1.91. The van der Waals surface area contributed by atoms with Crippen molar-refractivity contribution in [2.24, 2.45) is 0 Å².